The van der Waals surface area contributed by atoms with Crippen LogP contribution in [0.1, 0.15) is 6.42 Å². The van der Waals surface area contributed by atoms with Gasteiger partial charge in [0.1, 0.15) is 36.4 Å². The quantitative estimate of drug-likeness (QED) is 0.229. The zero-order valence-corrected chi connectivity index (χ0v) is 15.5. The summed E-state index contributed by atoms with van der Waals surface area (Å²) in [6, 6.07) is -1.29. The van der Waals surface area contributed by atoms with Crippen molar-refractivity contribution >= 4 is 23.0 Å². The molecule has 5 atom stereocenters. The van der Waals surface area contributed by atoms with E-state index in [0.29, 0.717) is 0 Å². The van der Waals surface area contributed by atoms with Gasteiger partial charge in [-0.15, -0.1) is 0 Å². The number of nitrogens with zero attached hydrogens (tertiary/aromatic N) is 4. The summed E-state index contributed by atoms with van der Waals surface area (Å²) in [7, 11) is 1.47. The van der Waals surface area contributed by atoms with Crippen LogP contribution in [-0.4, -0.2) is 83.4 Å². The van der Waals surface area contributed by atoms with E-state index in [0.717, 1.165) is 0 Å². The number of imidazole rings is 1. The summed E-state index contributed by atoms with van der Waals surface area (Å²) in [5, 5.41) is 43.6. The summed E-state index contributed by atoms with van der Waals surface area (Å²) in [6.45, 7) is -0.588. The van der Waals surface area contributed by atoms with Crippen molar-refractivity contribution in [3.05, 3.63) is 24.8 Å². The molecule has 1 saturated heterocycles. The predicted molar refractivity (Wildman–Crippen MR) is 99.1 cm³/mol. The van der Waals surface area contributed by atoms with E-state index in [1.165, 1.54) is 36.4 Å². The van der Waals surface area contributed by atoms with Gasteiger partial charge in [-0.2, -0.15) is 0 Å². The summed E-state index contributed by atoms with van der Waals surface area (Å²) >= 11 is 0. The number of fused-ring (bicyclic) bond motifs is 1. The van der Waals surface area contributed by atoms with Crippen molar-refractivity contribution in [3.8, 4) is 0 Å². The second-order valence-corrected chi connectivity index (χ2v) is 6.64. The van der Waals surface area contributed by atoms with Crippen LogP contribution in [0.5, 0.6) is 0 Å². The van der Waals surface area contributed by atoms with Crippen molar-refractivity contribution in [2.24, 2.45) is 5.73 Å². The summed E-state index contributed by atoms with van der Waals surface area (Å²) < 4.78 is 7.19. The van der Waals surface area contributed by atoms with Gasteiger partial charge in [0, 0.05) is 6.42 Å². The van der Waals surface area contributed by atoms with Crippen LogP contribution in [0.25, 0.3) is 11.2 Å². The number of aliphatic hydroxyl groups is 3. The first-order valence-corrected chi connectivity index (χ1v) is 8.69. The van der Waals surface area contributed by atoms with Crippen molar-refractivity contribution in [2.75, 3.05) is 19.4 Å². The highest BCUT2D eigenvalue weighted by molar-refractivity contribution is 5.81. The Hall–Kier alpha value is -2.68. The molecule has 13 nitrogen and oxygen atoms in total. The van der Waals surface area contributed by atoms with E-state index in [-0.39, 0.29) is 23.4 Å². The summed E-state index contributed by atoms with van der Waals surface area (Å²) in [5.74, 6) is -2.97. The standard InChI is InChI=1S/C16H23N7O6/c1-19-16(23-7-22-10-12(18)20-6-21-13(10)23)15(28,11(25)9(5-24)29-16)4-2-3-8(17)14(26)27/h2-3,6-9,11,19,24-25,28H,4-5,17H2,1H3,(H,26,27)(H2,18,20,21)/t8?,9-,11-,15-,16+/m1/s1. The fourth-order valence-electron chi connectivity index (χ4n) is 3.51. The number of aliphatic carboxylic acids is 1. The molecular formula is C16H23N7O6. The number of carboxylic acids is 1. The average Bonchev–Trinajstić information content (AvgIpc) is 3.22. The second-order valence-electron chi connectivity index (χ2n) is 6.64. The molecule has 3 rings (SSSR count). The molecule has 0 aromatic carbocycles. The fraction of sp³-hybridized carbons (Fsp3) is 0.500. The van der Waals surface area contributed by atoms with Crippen molar-refractivity contribution in [2.45, 2.75) is 36.1 Å². The first-order valence-electron chi connectivity index (χ1n) is 8.69. The number of anilines is 1. The topological polar surface area (TPSA) is 215 Å². The van der Waals surface area contributed by atoms with E-state index in [2.05, 4.69) is 20.3 Å². The molecule has 29 heavy (non-hydrogen) atoms. The van der Waals surface area contributed by atoms with Gasteiger partial charge >= 0.3 is 5.97 Å². The Morgan fingerprint density at radius 1 is 1.48 bits per heavy atom. The highest BCUT2D eigenvalue weighted by atomic mass is 16.6. The summed E-state index contributed by atoms with van der Waals surface area (Å²) in [5.41, 5.74) is 9.66. The number of aromatic nitrogens is 4. The molecule has 2 aromatic rings. The number of carbonyl (C=O) groups is 1. The van der Waals surface area contributed by atoms with Gasteiger partial charge in [0.25, 0.3) is 0 Å². The van der Waals surface area contributed by atoms with Gasteiger partial charge in [-0.05, 0) is 7.05 Å². The predicted octanol–water partition coefficient (Wildman–Crippen LogP) is -2.92. The molecule has 0 bridgehead atoms. The number of carboxylic acid groups (broad SMARTS) is 1. The lowest BCUT2D eigenvalue weighted by atomic mass is 9.86. The lowest BCUT2D eigenvalue weighted by molar-refractivity contribution is -0.210. The smallest absolute Gasteiger partial charge is 0.324 e. The first-order chi connectivity index (χ1) is 13.7. The number of ether oxygens (including phenoxy) is 1. The molecule has 9 N–H and O–H groups in total. The maximum Gasteiger partial charge on any atom is 0.324 e. The molecule has 1 aliphatic rings. The molecule has 1 aliphatic heterocycles. The number of nitrogens with one attached hydrogen (secondary N) is 1. The molecule has 1 fully saturated rings. The molecular weight excluding hydrogens is 386 g/mol. The number of aliphatic hydroxyl groups excluding tert-OH is 2. The van der Waals surface area contributed by atoms with Gasteiger partial charge < -0.3 is 36.6 Å². The third kappa shape index (κ3) is 3.13. The third-order valence-corrected chi connectivity index (χ3v) is 5.03. The zero-order valence-electron chi connectivity index (χ0n) is 15.5. The number of hydrogen-bond acceptors (Lipinski definition) is 11. The number of likely N-dealkylation sites (N-methyl/N-ethyl adjacent to an activating group) is 1. The molecule has 0 amide bonds. The van der Waals surface area contributed by atoms with Crippen LogP contribution in [0.3, 0.4) is 0 Å². The molecule has 2 aromatic heterocycles. The van der Waals surface area contributed by atoms with Gasteiger partial charge in [0.05, 0.1) is 6.61 Å². The normalized spacial score (nSPS) is 30.9. The number of hydrogen-bond donors (Lipinski definition) is 7. The molecule has 13 heteroatoms. The number of nitrogen functional groups attached to an aromatic ring is 1. The first kappa shape index (κ1) is 21.0. The molecule has 0 saturated carbocycles. The van der Waals surface area contributed by atoms with Crippen molar-refractivity contribution < 1.29 is 30.0 Å². The van der Waals surface area contributed by atoms with Gasteiger partial charge in [0.15, 0.2) is 17.1 Å². The minimum absolute atomic E-state index is 0.105. The minimum Gasteiger partial charge on any atom is -0.480 e. The number of nitrogens with two attached hydrogens (primary N) is 2. The van der Waals surface area contributed by atoms with Crippen LogP contribution >= 0.6 is 0 Å². The second kappa shape index (κ2) is 7.62. The lowest BCUT2D eigenvalue weighted by Crippen LogP contribution is -2.63. The van der Waals surface area contributed by atoms with Crippen molar-refractivity contribution in [1.82, 2.24) is 24.8 Å². The molecule has 158 valence electrons. The Morgan fingerprint density at radius 3 is 2.83 bits per heavy atom. The molecule has 0 spiro atoms. The SMILES string of the molecule is CN[C@@]1(n2cnc3c(N)ncnc32)O[C@H](CO)[C@@H](O)[C@]1(O)CC=CC(N)C(=O)O. The summed E-state index contributed by atoms with van der Waals surface area (Å²) in [4.78, 5) is 23.1. The van der Waals surface area contributed by atoms with Gasteiger partial charge in [0.2, 0.25) is 5.85 Å². The maximum absolute atomic E-state index is 11.5. The highest BCUT2D eigenvalue weighted by Gasteiger charge is 2.65. The van der Waals surface area contributed by atoms with E-state index < -0.39 is 42.3 Å². The van der Waals surface area contributed by atoms with Crippen LogP contribution in [0.15, 0.2) is 24.8 Å². The van der Waals surface area contributed by atoms with Crippen LogP contribution < -0.4 is 16.8 Å². The molecule has 0 radical (unpaired) electrons. The number of rotatable bonds is 7. The zero-order chi connectivity index (χ0) is 21.4. The Balaban J connectivity index is 2.12. The van der Waals surface area contributed by atoms with E-state index in [9.17, 15) is 20.1 Å². The Bertz CT molecular complexity index is 936. The van der Waals surface area contributed by atoms with E-state index in [1.807, 2.05) is 0 Å². The Labute approximate surface area is 164 Å². The maximum atomic E-state index is 11.5. The van der Waals surface area contributed by atoms with E-state index in [1.54, 1.807) is 0 Å². The average molecular weight is 409 g/mol. The van der Waals surface area contributed by atoms with Crippen LogP contribution in [0.4, 0.5) is 5.82 Å². The Morgan fingerprint density at radius 2 is 2.21 bits per heavy atom. The van der Waals surface area contributed by atoms with Crippen LogP contribution in [0.2, 0.25) is 0 Å². The van der Waals surface area contributed by atoms with Gasteiger partial charge in [-0.3, -0.25) is 14.7 Å². The monoisotopic (exact) mass is 409 g/mol. The molecule has 1 unspecified atom stereocenters. The summed E-state index contributed by atoms with van der Waals surface area (Å²) in [6.07, 6.45) is 2.01. The lowest BCUT2D eigenvalue weighted by Gasteiger charge is -2.41. The van der Waals surface area contributed by atoms with Gasteiger partial charge in [-0.1, -0.05) is 12.2 Å². The van der Waals surface area contributed by atoms with Crippen LogP contribution in [-0.2, 0) is 15.4 Å². The Kier molecular flexibility index (Phi) is 5.53. The van der Waals surface area contributed by atoms with Crippen molar-refractivity contribution in [3.63, 3.8) is 0 Å². The fourth-order valence-corrected chi connectivity index (χ4v) is 3.51. The molecule has 3 heterocycles. The minimum atomic E-state index is -2.07. The van der Waals surface area contributed by atoms with E-state index in [4.69, 9.17) is 21.3 Å². The van der Waals surface area contributed by atoms with E-state index >= 15 is 0 Å². The van der Waals surface area contributed by atoms with Crippen LogP contribution in [0, 0.1) is 0 Å². The third-order valence-electron chi connectivity index (χ3n) is 5.03. The highest BCUT2D eigenvalue weighted by Crippen LogP contribution is 2.45. The van der Waals surface area contributed by atoms with Gasteiger partial charge in [-0.25, -0.2) is 15.0 Å². The molecule has 0 aliphatic carbocycles. The largest absolute Gasteiger partial charge is 0.480 e. The van der Waals surface area contributed by atoms with Crippen molar-refractivity contribution in [1.29, 1.82) is 0 Å².